The van der Waals surface area contributed by atoms with Gasteiger partial charge in [-0.25, -0.2) is 5.48 Å². The molecule has 0 saturated heterocycles. The monoisotopic (exact) mass is 227 g/mol. The molecule has 0 aliphatic carbocycles. The number of benzene rings is 1. The number of amides is 1. The zero-order valence-electron chi connectivity index (χ0n) is 8.41. The van der Waals surface area contributed by atoms with Crippen LogP contribution in [0.15, 0.2) is 30.3 Å². The maximum atomic E-state index is 11.1. The van der Waals surface area contributed by atoms with Gasteiger partial charge in [0.05, 0.1) is 6.61 Å². The van der Waals surface area contributed by atoms with Gasteiger partial charge in [0.1, 0.15) is 0 Å². The second kappa shape index (κ2) is 7.26. The molecule has 1 aromatic rings. The highest BCUT2D eigenvalue weighted by Gasteiger charge is 1.99. The van der Waals surface area contributed by atoms with E-state index in [0.29, 0.717) is 25.3 Å². The maximum absolute atomic E-state index is 11.1. The topological polar surface area (TPSA) is 38.3 Å². The van der Waals surface area contributed by atoms with Crippen molar-refractivity contribution in [1.82, 2.24) is 5.48 Å². The predicted octanol–water partition coefficient (Wildman–Crippen LogP) is 2.25. The van der Waals surface area contributed by atoms with Gasteiger partial charge in [0, 0.05) is 12.3 Å². The van der Waals surface area contributed by atoms with Crippen LogP contribution in [0.25, 0.3) is 0 Å². The first-order valence-electron chi connectivity index (χ1n) is 4.83. The van der Waals surface area contributed by atoms with Gasteiger partial charge < -0.3 is 0 Å². The van der Waals surface area contributed by atoms with E-state index in [1.807, 2.05) is 30.3 Å². The Morgan fingerprint density at radius 3 is 2.73 bits per heavy atom. The van der Waals surface area contributed by atoms with Crippen LogP contribution in [-0.2, 0) is 16.2 Å². The normalized spacial score (nSPS) is 9.93. The van der Waals surface area contributed by atoms with Crippen molar-refractivity contribution in [3.63, 3.8) is 0 Å². The second-order valence-electron chi connectivity index (χ2n) is 3.09. The molecule has 0 radical (unpaired) electrons. The molecule has 0 saturated carbocycles. The Hall–Kier alpha value is -1.06. The summed E-state index contributed by atoms with van der Waals surface area (Å²) in [4.78, 5) is 16.1. The van der Waals surface area contributed by atoms with E-state index in [1.165, 1.54) is 0 Å². The first-order valence-corrected chi connectivity index (χ1v) is 5.37. The van der Waals surface area contributed by atoms with Crippen LogP contribution in [0.5, 0.6) is 0 Å². The van der Waals surface area contributed by atoms with Crippen LogP contribution in [0.3, 0.4) is 0 Å². The Morgan fingerprint density at radius 2 is 2.07 bits per heavy atom. The summed E-state index contributed by atoms with van der Waals surface area (Å²) in [5.74, 6) is 0.359. The average molecular weight is 228 g/mol. The first-order chi connectivity index (χ1) is 7.33. The summed E-state index contributed by atoms with van der Waals surface area (Å²) in [6.07, 6.45) is 1.07. The molecule has 0 aliphatic rings. The molecule has 4 heteroatoms. The summed E-state index contributed by atoms with van der Waals surface area (Å²) in [6.45, 7) is 0.382. The van der Waals surface area contributed by atoms with Crippen LogP contribution in [0.4, 0.5) is 0 Å². The third kappa shape index (κ3) is 5.40. The van der Waals surface area contributed by atoms with E-state index in [-0.39, 0.29) is 5.91 Å². The number of nitrogens with one attached hydrogen (secondary N) is 1. The Bertz CT molecular complexity index is 290. The maximum Gasteiger partial charge on any atom is 0.243 e. The lowest BCUT2D eigenvalue weighted by Gasteiger charge is -2.04. The largest absolute Gasteiger partial charge is 0.273 e. The zero-order chi connectivity index (χ0) is 10.9. The third-order valence-corrected chi connectivity index (χ3v) is 2.07. The summed E-state index contributed by atoms with van der Waals surface area (Å²) >= 11 is 5.45. The van der Waals surface area contributed by atoms with Gasteiger partial charge in [-0.3, -0.25) is 9.63 Å². The highest BCUT2D eigenvalue weighted by Crippen LogP contribution is 1.99. The number of carbonyl (C=O) groups excluding carboxylic acids is 1. The molecule has 0 aliphatic heterocycles. The van der Waals surface area contributed by atoms with E-state index < -0.39 is 0 Å². The van der Waals surface area contributed by atoms with E-state index >= 15 is 0 Å². The Labute approximate surface area is 94.3 Å². The summed E-state index contributed by atoms with van der Waals surface area (Å²) in [5.41, 5.74) is 3.39. The van der Waals surface area contributed by atoms with E-state index in [0.717, 1.165) is 5.56 Å². The molecule has 0 aromatic heterocycles. The molecule has 82 valence electrons. The van der Waals surface area contributed by atoms with Crippen LogP contribution >= 0.6 is 11.6 Å². The minimum absolute atomic E-state index is 0.133. The minimum Gasteiger partial charge on any atom is -0.273 e. The fourth-order valence-electron chi connectivity index (χ4n) is 1.05. The van der Waals surface area contributed by atoms with Gasteiger partial charge in [-0.05, 0) is 12.0 Å². The van der Waals surface area contributed by atoms with Crippen molar-refractivity contribution in [1.29, 1.82) is 0 Å². The first kappa shape index (κ1) is 12.0. The van der Waals surface area contributed by atoms with E-state index in [1.54, 1.807) is 0 Å². The molecule has 0 fully saturated rings. The Kier molecular flexibility index (Phi) is 5.81. The molecule has 0 unspecified atom stereocenters. The van der Waals surface area contributed by atoms with Crippen molar-refractivity contribution < 1.29 is 9.63 Å². The molecule has 1 rings (SSSR count). The van der Waals surface area contributed by atoms with Gasteiger partial charge in [0.25, 0.3) is 0 Å². The van der Waals surface area contributed by atoms with E-state index in [2.05, 4.69) is 5.48 Å². The summed E-state index contributed by atoms with van der Waals surface area (Å²) in [5, 5.41) is 0. The number of hydroxylamine groups is 1. The number of alkyl halides is 1. The zero-order valence-corrected chi connectivity index (χ0v) is 9.17. The molecule has 3 nitrogen and oxygen atoms in total. The van der Waals surface area contributed by atoms with Crippen LogP contribution in [0, 0.1) is 0 Å². The quantitative estimate of drug-likeness (QED) is 0.598. The van der Waals surface area contributed by atoms with Gasteiger partial charge in [-0.1, -0.05) is 30.3 Å². The smallest absolute Gasteiger partial charge is 0.243 e. The Morgan fingerprint density at radius 1 is 1.33 bits per heavy atom. The van der Waals surface area contributed by atoms with Crippen molar-refractivity contribution >= 4 is 17.5 Å². The van der Waals surface area contributed by atoms with Crippen molar-refractivity contribution in [3.05, 3.63) is 35.9 Å². The van der Waals surface area contributed by atoms with Crippen LogP contribution in [0.2, 0.25) is 0 Å². The van der Waals surface area contributed by atoms with Gasteiger partial charge in [-0.2, -0.15) is 0 Å². The highest BCUT2D eigenvalue weighted by atomic mass is 35.5. The summed E-state index contributed by atoms with van der Waals surface area (Å²) in [6, 6.07) is 9.65. The minimum atomic E-state index is -0.133. The fourth-order valence-corrected chi connectivity index (χ4v) is 1.19. The molecule has 1 N–H and O–H groups in total. The molecule has 0 atom stereocenters. The van der Waals surface area contributed by atoms with Crippen LogP contribution < -0.4 is 5.48 Å². The average Bonchev–Trinajstić information content (AvgIpc) is 2.28. The number of hydrogen-bond donors (Lipinski definition) is 1. The van der Waals surface area contributed by atoms with Crippen LogP contribution in [-0.4, -0.2) is 11.8 Å². The molecule has 1 aromatic carbocycles. The second-order valence-corrected chi connectivity index (χ2v) is 3.47. The number of halogens is 1. The molecule has 0 bridgehead atoms. The number of hydrogen-bond acceptors (Lipinski definition) is 2. The lowest BCUT2D eigenvalue weighted by Crippen LogP contribution is -2.23. The standard InChI is InChI=1S/C11H14ClNO2/c12-8-4-7-11(14)13-15-9-10-5-2-1-3-6-10/h1-3,5-6H,4,7-9H2,(H,13,14). The summed E-state index contributed by atoms with van der Waals surface area (Å²) in [7, 11) is 0. The molecular weight excluding hydrogens is 214 g/mol. The highest BCUT2D eigenvalue weighted by molar-refractivity contribution is 6.17. The Balaban J connectivity index is 2.14. The number of rotatable bonds is 6. The lowest BCUT2D eigenvalue weighted by atomic mass is 10.2. The van der Waals surface area contributed by atoms with Gasteiger partial charge >= 0.3 is 0 Å². The fraction of sp³-hybridized carbons (Fsp3) is 0.364. The number of carbonyl (C=O) groups is 1. The van der Waals surface area contributed by atoms with Crippen molar-refractivity contribution in [2.45, 2.75) is 19.4 Å². The molecule has 0 spiro atoms. The van der Waals surface area contributed by atoms with Gasteiger partial charge in [0.15, 0.2) is 0 Å². The van der Waals surface area contributed by atoms with Crippen molar-refractivity contribution in [2.24, 2.45) is 0 Å². The van der Waals surface area contributed by atoms with Crippen molar-refractivity contribution in [3.8, 4) is 0 Å². The molecular formula is C11H14ClNO2. The van der Waals surface area contributed by atoms with Gasteiger partial charge in [0.2, 0.25) is 5.91 Å². The van der Waals surface area contributed by atoms with Crippen molar-refractivity contribution in [2.75, 3.05) is 5.88 Å². The van der Waals surface area contributed by atoms with E-state index in [9.17, 15) is 4.79 Å². The van der Waals surface area contributed by atoms with E-state index in [4.69, 9.17) is 16.4 Å². The predicted molar refractivity (Wildman–Crippen MR) is 59.3 cm³/mol. The third-order valence-electron chi connectivity index (χ3n) is 1.81. The SMILES string of the molecule is O=C(CCCCl)NOCc1ccccc1. The molecule has 1 amide bonds. The van der Waals surface area contributed by atoms with Crippen LogP contribution in [0.1, 0.15) is 18.4 Å². The van der Waals surface area contributed by atoms with Gasteiger partial charge in [-0.15, -0.1) is 11.6 Å². The molecule has 0 heterocycles. The lowest BCUT2D eigenvalue weighted by molar-refractivity contribution is -0.134. The summed E-state index contributed by atoms with van der Waals surface area (Å²) < 4.78 is 0. The molecule has 15 heavy (non-hydrogen) atoms.